The molecule has 0 bridgehead atoms. The minimum atomic E-state index is -0.700. The maximum absolute atomic E-state index is 10.6. The predicted molar refractivity (Wildman–Crippen MR) is 108 cm³/mol. The molecule has 0 saturated heterocycles. The van der Waals surface area contributed by atoms with Crippen LogP contribution in [0.25, 0.3) is 0 Å². The Hall–Kier alpha value is -3.02. The van der Waals surface area contributed by atoms with E-state index in [2.05, 4.69) is 30.4 Å². The van der Waals surface area contributed by atoms with E-state index in [0.717, 1.165) is 29.9 Å². The highest BCUT2D eigenvalue weighted by Gasteiger charge is 2.09. The maximum Gasteiger partial charge on any atom is 0.332 e. The Morgan fingerprint density at radius 1 is 1.19 bits per heavy atom. The Bertz CT molecular complexity index is 762. The fourth-order valence-electron chi connectivity index (χ4n) is 2.53. The highest BCUT2D eigenvalue weighted by Crippen LogP contribution is 2.28. The number of nitrogens with one attached hydrogen (secondary N) is 1. The first kappa shape index (κ1) is 20.3. The molecule has 27 heavy (non-hydrogen) atoms. The van der Waals surface area contributed by atoms with E-state index in [1.54, 1.807) is 0 Å². The van der Waals surface area contributed by atoms with Gasteiger partial charge in [0.25, 0.3) is 0 Å². The average Bonchev–Trinajstić information content (AvgIpc) is 2.67. The van der Waals surface area contributed by atoms with Crippen molar-refractivity contribution in [2.45, 2.75) is 32.6 Å². The topological polar surface area (TPSA) is 85.9 Å². The fraction of sp³-hybridized carbons (Fsp3) is 0.333. The van der Waals surface area contributed by atoms with E-state index in [1.807, 2.05) is 42.5 Å². The van der Waals surface area contributed by atoms with Gasteiger partial charge in [-0.15, -0.1) is 0 Å². The number of carbonyl (C=O) groups excluding carboxylic acids is 1. The lowest BCUT2D eigenvalue weighted by atomic mass is 9.98. The third-order valence-corrected chi connectivity index (χ3v) is 4.12. The van der Waals surface area contributed by atoms with Crippen LogP contribution in [-0.2, 0) is 0 Å². The van der Waals surface area contributed by atoms with Crippen molar-refractivity contribution in [1.82, 2.24) is 5.43 Å². The quantitative estimate of drug-likeness (QED) is 0.376. The molecule has 0 heterocycles. The zero-order chi connectivity index (χ0) is 19.5. The summed E-state index contributed by atoms with van der Waals surface area (Å²) in [4.78, 5) is 10.6. The molecular formula is C21H27N3O3. The minimum Gasteiger partial charge on any atom is -0.493 e. The number of hydrogen-bond donors (Lipinski definition) is 2. The number of primary amides is 1. The Labute approximate surface area is 160 Å². The normalized spacial score (nSPS) is 11.9. The summed E-state index contributed by atoms with van der Waals surface area (Å²) in [6, 6.07) is 14.9. The summed E-state index contributed by atoms with van der Waals surface area (Å²) in [7, 11) is 0. The van der Waals surface area contributed by atoms with Crippen LogP contribution in [-0.4, -0.2) is 25.5 Å². The highest BCUT2D eigenvalue weighted by molar-refractivity contribution is 5.81. The van der Waals surface area contributed by atoms with Crippen LogP contribution in [0.5, 0.6) is 11.5 Å². The zero-order valence-corrected chi connectivity index (χ0v) is 15.9. The van der Waals surface area contributed by atoms with E-state index >= 15 is 0 Å². The van der Waals surface area contributed by atoms with E-state index in [1.165, 1.54) is 11.8 Å². The largest absolute Gasteiger partial charge is 0.493 e. The van der Waals surface area contributed by atoms with Crippen molar-refractivity contribution < 1.29 is 14.3 Å². The van der Waals surface area contributed by atoms with Crippen molar-refractivity contribution in [1.29, 1.82) is 0 Å². The smallest absolute Gasteiger partial charge is 0.332 e. The van der Waals surface area contributed by atoms with Gasteiger partial charge in [-0.1, -0.05) is 44.2 Å². The fourth-order valence-corrected chi connectivity index (χ4v) is 2.53. The molecule has 2 rings (SSSR count). The van der Waals surface area contributed by atoms with Crippen LogP contribution in [0, 0.1) is 0 Å². The second-order valence-corrected chi connectivity index (χ2v) is 6.20. The molecule has 3 N–H and O–H groups in total. The van der Waals surface area contributed by atoms with Crippen molar-refractivity contribution in [3.05, 3.63) is 59.7 Å². The van der Waals surface area contributed by atoms with Gasteiger partial charge in [-0.2, -0.15) is 5.10 Å². The number of nitrogens with two attached hydrogens (primary N) is 1. The molecule has 0 aliphatic carbocycles. The number of benzene rings is 2. The summed E-state index contributed by atoms with van der Waals surface area (Å²) in [5, 5.41) is 3.73. The molecule has 2 amide bonds. The van der Waals surface area contributed by atoms with Crippen LogP contribution >= 0.6 is 0 Å². The van der Waals surface area contributed by atoms with Gasteiger partial charge < -0.3 is 15.2 Å². The lowest BCUT2D eigenvalue weighted by molar-refractivity contribution is 0.245. The van der Waals surface area contributed by atoms with E-state index in [4.69, 9.17) is 15.2 Å². The number of rotatable bonds is 10. The van der Waals surface area contributed by atoms with E-state index in [-0.39, 0.29) is 0 Å². The number of para-hydroxylation sites is 1. The number of hydrogen-bond acceptors (Lipinski definition) is 4. The molecule has 0 spiro atoms. The number of urea groups is 1. The van der Waals surface area contributed by atoms with Gasteiger partial charge in [-0.25, -0.2) is 10.2 Å². The van der Waals surface area contributed by atoms with Crippen LogP contribution in [0.4, 0.5) is 4.79 Å². The molecule has 0 radical (unpaired) electrons. The summed E-state index contributed by atoms with van der Waals surface area (Å²) >= 11 is 0. The Kier molecular flexibility index (Phi) is 8.16. The van der Waals surface area contributed by atoms with Gasteiger partial charge in [0.05, 0.1) is 19.4 Å². The SMILES string of the molecule is CCC(C)c1ccccc1OCCCOc1cccc(C=NNC(N)=O)c1. The summed E-state index contributed by atoms with van der Waals surface area (Å²) in [5.74, 6) is 2.16. The van der Waals surface area contributed by atoms with Gasteiger partial charge in [0.15, 0.2) is 0 Å². The molecule has 0 aliphatic rings. The highest BCUT2D eigenvalue weighted by atomic mass is 16.5. The minimum absolute atomic E-state index is 0.478. The van der Waals surface area contributed by atoms with Crippen LogP contribution in [0.15, 0.2) is 53.6 Å². The molecule has 6 nitrogen and oxygen atoms in total. The van der Waals surface area contributed by atoms with Crippen LogP contribution in [0.1, 0.15) is 43.7 Å². The Balaban J connectivity index is 1.78. The molecule has 2 aromatic carbocycles. The summed E-state index contributed by atoms with van der Waals surface area (Å²) < 4.78 is 11.7. The second kappa shape index (κ2) is 10.9. The number of carbonyl (C=O) groups is 1. The van der Waals surface area contributed by atoms with Gasteiger partial charge in [-0.05, 0) is 41.7 Å². The number of amides is 2. The molecular weight excluding hydrogens is 342 g/mol. The van der Waals surface area contributed by atoms with Gasteiger partial charge >= 0.3 is 6.03 Å². The monoisotopic (exact) mass is 369 g/mol. The third kappa shape index (κ3) is 7.01. The lowest BCUT2D eigenvalue weighted by Crippen LogP contribution is -2.24. The van der Waals surface area contributed by atoms with Crippen molar-refractivity contribution >= 4 is 12.2 Å². The summed E-state index contributed by atoms with van der Waals surface area (Å²) in [5.41, 5.74) is 9.17. The van der Waals surface area contributed by atoms with Crippen LogP contribution in [0.3, 0.4) is 0 Å². The first-order valence-electron chi connectivity index (χ1n) is 9.13. The second-order valence-electron chi connectivity index (χ2n) is 6.20. The van der Waals surface area contributed by atoms with Crippen LogP contribution in [0.2, 0.25) is 0 Å². The third-order valence-electron chi connectivity index (χ3n) is 4.12. The zero-order valence-electron chi connectivity index (χ0n) is 15.9. The Morgan fingerprint density at radius 3 is 2.74 bits per heavy atom. The summed E-state index contributed by atoms with van der Waals surface area (Å²) in [6.45, 7) is 5.53. The maximum atomic E-state index is 10.6. The molecule has 0 aromatic heterocycles. The number of hydrazone groups is 1. The molecule has 1 unspecified atom stereocenters. The lowest BCUT2D eigenvalue weighted by Gasteiger charge is -2.15. The molecule has 2 aromatic rings. The Morgan fingerprint density at radius 2 is 1.96 bits per heavy atom. The average molecular weight is 369 g/mol. The van der Waals surface area contributed by atoms with Crippen molar-refractivity contribution in [3.63, 3.8) is 0 Å². The van der Waals surface area contributed by atoms with Crippen molar-refractivity contribution in [2.24, 2.45) is 10.8 Å². The number of ether oxygens (including phenoxy) is 2. The first-order valence-corrected chi connectivity index (χ1v) is 9.13. The molecule has 0 saturated carbocycles. The molecule has 144 valence electrons. The van der Waals surface area contributed by atoms with Crippen molar-refractivity contribution in [3.8, 4) is 11.5 Å². The van der Waals surface area contributed by atoms with Gasteiger partial charge in [0.2, 0.25) is 0 Å². The number of nitrogens with zero attached hydrogens (tertiary/aromatic N) is 1. The van der Waals surface area contributed by atoms with E-state index in [9.17, 15) is 4.79 Å². The molecule has 0 fully saturated rings. The van der Waals surface area contributed by atoms with Crippen molar-refractivity contribution in [2.75, 3.05) is 13.2 Å². The van der Waals surface area contributed by atoms with E-state index < -0.39 is 6.03 Å². The van der Waals surface area contributed by atoms with E-state index in [0.29, 0.717) is 19.1 Å². The molecule has 6 heteroatoms. The van der Waals surface area contributed by atoms with Gasteiger partial charge in [0.1, 0.15) is 11.5 Å². The standard InChI is InChI=1S/C21H27N3O3/c1-3-16(2)19-10-4-5-11-20(19)27-13-7-12-26-18-9-6-8-17(14-18)15-23-24-21(22)25/h4-6,8-11,14-16H,3,7,12-13H2,1-2H3,(H3,22,24,25). The summed E-state index contributed by atoms with van der Waals surface area (Å²) in [6.07, 6.45) is 3.36. The van der Waals surface area contributed by atoms with Gasteiger partial charge in [-0.3, -0.25) is 0 Å². The van der Waals surface area contributed by atoms with Gasteiger partial charge in [0, 0.05) is 6.42 Å². The molecule has 0 aliphatic heterocycles. The predicted octanol–water partition coefficient (Wildman–Crippen LogP) is 4.05. The first-order chi connectivity index (χ1) is 13.1. The van der Waals surface area contributed by atoms with Crippen LogP contribution < -0.4 is 20.6 Å². The molecule has 1 atom stereocenters.